The van der Waals surface area contributed by atoms with E-state index in [4.69, 9.17) is 32.7 Å². The highest BCUT2D eigenvalue weighted by Crippen LogP contribution is 2.28. The number of ether oxygens (including phenoxy) is 2. The van der Waals surface area contributed by atoms with E-state index in [1.165, 1.54) is 0 Å². The predicted octanol–water partition coefficient (Wildman–Crippen LogP) is 3.46. The monoisotopic (exact) mass is 327 g/mol. The molecule has 112 valence electrons. The fourth-order valence-electron chi connectivity index (χ4n) is 1.85. The number of nitrogens with one attached hydrogen (secondary N) is 1. The van der Waals surface area contributed by atoms with Crippen LogP contribution < -0.4 is 14.8 Å². The summed E-state index contributed by atoms with van der Waals surface area (Å²) in [5.74, 6) is 1.42. The molecule has 1 heterocycles. The smallest absolute Gasteiger partial charge is 0.174 e. The normalized spacial score (nSPS) is 10.3. The quantitative estimate of drug-likeness (QED) is 0.880. The van der Waals surface area contributed by atoms with Gasteiger partial charge in [-0.2, -0.15) is 0 Å². The van der Waals surface area contributed by atoms with Crippen molar-refractivity contribution in [2.45, 2.75) is 6.42 Å². The van der Waals surface area contributed by atoms with Crippen molar-refractivity contribution in [2.24, 2.45) is 0 Å². The van der Waals surface area contributed by atoms with Crippen LogP contribution in [0.5, 0.6) is 11.5 Å². The first-order valence-corrected chi connectivity index (χ1v) is 7.03. The zero-order chi connectivity index (χ0) is 15.2. The average Bonchev–Trinajstić information content (AvgIpc) is 2.50. The van der Waals surface area contributed by atoms with E-state index in [1.54, 1.807) is 20.3 Å². The highest BCUT2D eigenvalue weighted by atomic mass is 35.5. The maximum Gasteiger partial charge on any atom is 0.174 e. The summed E-state index contributed by atoms with van der Waals surface area (Å²) in [6, 6.07) is 7.46. The molecular weight excluding hydrogens is 313 g/mol. The van der Waals surface area contributed by atoms with Gasteiger partial charge in [0.25, 0.3) is 0 Å². The number of anilines is 1. The first-order valence-electron chi connectivity index (χ1n) is 6.27. The number of rotatable bonds is 6. The van der Waals surface area contributed by atoms with Gasteiger partial charge in [0.1, 0.15) is 0 Å². The lowest BCUT2D eigenvalue weighted by molar-refractivity contribution is 0.354. The first kappa shape index (κ1) is 15.7. The van der Waals surface area contributed by atoms with Gasteiger partial charge in [0.05, 0.1) is 19.9 Å². The second kappa shape index (κ2) is 7.33. The molecule has 0 radical (unpaired) electrons. The summed E-state index contributed by atoms with van der Waals surface area (Å²) < 4.78 is 10.5. The van der Waals surface area contributed by atoms with Crippen LogP contribution in [-0.4, -0.2) is 31.0 Å². The summed E-state index contributed by atoms with van der Waals surface area (Å²) in [6.45, 7) is 0.678. The first-order chi connectivity index (χ1) is 10.1. The molecule has 0 amide bonds. The summed E-state index contributed by atoms with van der Waals surface area (Å²) in [5.41, 5.74) is 1.78. The Labute approximate surface area is 133 Å². The molecule has 7 heteroatoms. The van der Waals surface area contributed by atoms with Crippen molar-refractivity contribution in [1.82, 2.24) is 10.2 Å². The van der Waals surface area contributed by atoms with Gasteiger partial charge in [0.2, 0.25) is 0 Å². The van der Waals surface area contributed by atoms with Gasteiger partial charge in [0, 0.05) is 12.6 Å². The van der Waals surface area contributed by atoms with Crippen LogP contribution >= 0.6 is 23.2 Å². The lowest BCUT2D eigenvalue weighted by Crippen LogP contribution is -2.06. The Morgan fingerprint density at radius 3 is 2.52 bits per heavy atom. The van der Waals surface area contributed by atoms with Crippen LogP contribution in [0.15, 0.2) is 24.3 Å². The van der Waals surface area contributed by atoms with Gasteiger partial charge in [0.15, 0.2) is 21.8 Å². The lowest BCUT2D eigenvalue weighted by Gasteiger charge is -2.11. The van der Waals surface area contributed by atoms with Gasteiger partial charge in [-0.25, -0.2) is 0 Å². The largest absolute Gasteiger partial charge is 0.493 e. The number of hydrogen-bond acceptors (Lipinski definition) is 5. The predicted molar refractivity (Wildman–Crippen MR) is 83.8 cm³/mol. The molecule has 0 aliphatic rings. The minimum atomic E-state index is 0.298. The van der Waals surface area contributed by atoms with Crippen LogP contribution in [-0.2, 0) is 6.42 Å². The zero-order valence-corrected chi connectivity index (χ0v) is 13.2. The van der Waals surface area contributed by atoms with E-state index in [-0.39, 0.29) is 0 Å². The molecule has 1 aromatic heterocycles. The fraction of sp³-hybridized carbons (Fsp3) is 0.286. The third-order valence-electron chi connectivity index (χ3n) is 2.90. The summed E-state index contributed by atoms with van der Waals surface area (Å²) >= 11 is 11.7. The molecule has 0 unspecified atom stereocenters. The molecule has 0 aliphatic carbocycles. The van der Waals surface area contributed by atoms with E-state index in [0.717, 1.165) is 12.0 Å². The van der Waals surface area contributed by atoms with Crippen molar-refractivity contribution in [2.75, 3.05) is 26.1 Å². The molecule has 0 aliphatic heterocycles. The van der Waals surface area contributed by atoms with Crippen molar-refractivity contribution in [1.29, 1.82) is 0 Å². The lowest BCUT2D eigenvalue weighted by atomic mass is 10.1. The molecule has 0 saturated carbocycles. The van der Waals surface area contributed by atoms with E-state index < -0.39 is 0 Å². The van der Waals surface area contributed by atoms with Crippen LogP contribution in [0, 0.1) is 0 Å². The highest BCUT2D eigenvalue weighted by molar-refractivity contribution is 6.33. The van der Waals surface area contributed by atoms with Crippen LogP contribution in [0.1, 0.15) is 5.56 Å². The van der Waals surface area contributed by atoms with E-state index in [9.17, 15) is 0 Å². The van der Waals surface area contributed by atoms with E-state index in [0.29, 0.717) is 34.0 Å². The Morgan fingerprint density at radius 1 is 1.05 bits per heavy atom. The Morgan fingerprint density at radius 2 is 1.81 bits per heavy atom. The number of benzene rings is 1. The SMILES string of the molecule is COc1ccc(CCNc2cc(Cl)nnc2Cl)cc1OC. The fourth-order valence-corrected chi connectivity index (χ4v) is 2.16. The summed E-state index contributed by atoms with van der Waals surface area (Å²) in [5, 5.41) is 11.2. The molecule has 0 bridgehead atoms. The topological polar surface area (TPSA) is 56.3 Å². The van der Waals surface area contributed by atoms with Gasteiger partial charge in [-0.15, -0.1) is 10.2 Å². The number of aromatic nitrogens is 2. The van der Waals surface area contributed by atoms with E-state index in [2.05, 4.69) is 15.5 Å². The molecule has 2 aromatic rings. The molecule has 21 heavy (non-hydrogen) atoms. The Hall–Kier alpha value is -1.72. The van der Waals surface area contributed by atoms with E-state index >= 15 is 0 Å². The Bertz CT molecular complexity index is 623. The maximum atomic E-state index is 5.93. The van der Waals surface area contributed by atoms with Crippen molar-refractivity contribution >= 4 is 28.9 Å². The molecule has 0 fully saturated rings. The van der Waals surface area contributed by atoms with Gasteiger partial charge in [-0.3, -0.25) is 0 Å². The molecule has 0 saturated heterocycles. The highest BCUT2D eigenvalue weighted by Gasteiger charge is 2.06. The standard InChI is InChI=1S/C14H15Cl2N3O2/c1-20-11-4-3-9(7-12(11)21-2)5-6-17-10-8-13(15)18-19-14(10)16/h3-4,7-8H,5-6H2,1-2H3,(H,17,18). The minimum absolute atomic E-state index is 0.298. The molecule has 0 spiro atoms. The van der Waals surface area contributed by atoms with Crippen molar-refractivity contribution < 1.29 is 9.47 Å². The van der Waals surface area contributed by atoms with Gasteiger partial charge in [-0.05, 0) is 24.1 Å². The third-order valence-corrected chi connectivity index (χ3v) is 3.36. The molecular formula is C14H15Cl2N3O2. The van der Waals surface area contributed by atoms with E-state index in [1.807, 2.05) is 18.2 Å². The van der Waals surface area contributed by atoms with Crippen LogP contribution in [0.25, 0.3) is 0 Å². The third kappa shape index (κ3) is 4.12. The minimum Gasteiger partial charge on any atom is -0.493 e. The van der Waals surface area contributed by atoms with Gasteiger partial charge >= 0.3 is 0 Å². The molecule has 1 aromatic carbocycles. The molecule has 2 rings (SSSR count). The summed E-state index contributed by atoms with van der Waals surface area (Å²) in [6.07, 6.45) is 0.788. The average molecular weight is 328 g/mol. The number of methoxy groups -OCH3 is 2. The van der Waals surface area contributed by atoms with Crippen molar-refractivity contribution in [3.05, 3.63) is 40.1 Å². The second-order valence-corrected chi connectivity index (χ2v) is 4.98. The van der Waals surface area contributed by atoms with Crippen molar-refractivity contribution in [3.8, 4) is 11.5 Å². The Kier molecular flexibility index (Phi) is 5.47. The number of hydrogen-bond donors (Lipinski definition) is 1. The molecule has 1 N–H and O–H groups in total. The van der Waals surface area contributed by atoms with Gasteiger partial charge in [-0.1, -0.05) is 29.3 Å². The van der Waals surface area contributed by atoms with Crippen LogP contribution in [0.2, 0.25) is 10.3 Å². The number of nitrogens with zero attached hydrogens (tertiary/aromatic N) is 2. The second-order valence-electron chi connectivity index (χ2n) is 4.24. The molecule has 5 nitrogen and oxygen atoms in total. The van der Waals surface area contributed by atoms with Crippen LogP contribution in [0.3, 0.4) is 0 Å². The summed E-state index contributed by atoms with van der Waals surface area (Å²) in [4.78, 5) is 0. The molecule has 0 atom stereocenters. The summed E-state index contributed by atoms with van der Waals surface area (Å²) in [7, 11) is 3.23. The Balaban J connectivity index is 1.98. The maximum absolute atomic E-state index is 5.93. The zero-order valence-electron chi connectivity index (χ0n) is 11.7. The van der Waals surface area contributed by atoms with Gasteiger partial charge < -0.3 is 14.8 Å². The van der Waals surface area contributed by atoms with Crippen LogP contribution in [0.4, 0.5) is 5.69 Å². The number of halogens is 2. The van der Waals surface area contributed by atoms with Crippen molar-refractivity contribution in [3.63, 3.8) is 0 Å².